The van der Waals surface area contributed by atoms with Crippen molar-refractivity contribution in [3.8, 4) is 0 Å². The number of phosphoric acid groups is 2. The van der Waals surface area contributed by atoms with Gasteiger partial charge < -0.3 is 35.2 Å². The first-order valence-electron chi connectivity index (χ1n) is 7.17. The molecule has 7 N–H and O–H groups in total. The maximum absolute atomic E-state index is 11.2. The number of phosphoric ester groups is 2. The zero-order valence-corrected chi connectivity index (χ0v) is 15.0. The summed E-state index contributed by atoms with van der Waals surface area (Å²) >= 11 is 0. The molecule has 4 unspecified atom stereocenters. The van der Waals surface area contributed by atoms with E-state index < -0.39 is 46.8 Å². The van der Waals surface area contributed by atoms with Crippen LogP contribution in [0.4, 0.5) is 5.82 Å². The van der Waals surface area contributed by atoms with Crippen LogP contribution < -0.4 is 5.73 Å². The lowest BCUT2D eigenvalue weighted by Gasteiger charge is -2.20. The van der Waals surface area contributed by atoms with Gasteiger partial charge in [-0.15, -0.1) is 0 Å². The molecule has 0 spiro atoms. The molecule has 3 rings (SSSR count). The predicted octanol–water partition coefficient (Wildman–Crippen LogP) is -1.75. The third-order valence-corrected chi connectivity index (χ3v) is 4.64. The third-order valence-electron chi connectivity index (χ3n) is 3.64. The van der Waals surface area contributed by atoms with Gasteiger partial charge in [-0.05, 0) is 0 Å². The van der Waals surface area contributed by atoms with E-state index in [9.17, 15) is 14.2 Å². The number of aliphatic hydroxyl groups excluding tert-OH is 1. The Hall–Kier alpha value is -1.51. The van der Waals surface area contributed by atoms with Gasteiger partial charge in [-0.3, -0.25) is 13.6 Å². The third kappa shape index (κ3) is 4.50. The summed E-state index contributed by atoms with van der Waals surface area (Å²) in [5.41, 5.74) is 6.01. The molecule has 0 amide bonds. The molecule has 0 aromatic carbocycles. The summed E-state index contributed by atoms with van der Waals surface area (Å²) in [5.74, 6) is 0.0515. The molecule has 3 heterocycles. The van der Waals surface area contributed by atoms with E-state index in [1.165, 1.54) is 10.9 Å². The molecule has 4 atom stereocenters. The van der Waals surface area contributed by atoms with Gasteiger partial charge in [0.05, 0.1) is 12.9 Å². The van der Waals surface area contributed by atoms with Crippen LogP contribution in [0.5, 0.6) is 0 Å². The van der Waals surface area contributed by atoms with Crippen LogP contribution in [0.2, 0.25) is 0 Å². The molecule has 1 fully saturated rings. The van der Waals surface area contributed by atoms with E-state index in [4.69, 9.17) is 30.0 Å². The largest absolute Gasteiger partial charge is 0.470 e. The van der Waals surface area contributed by atoms with E-state index in [-0.39, 0.29) is 17.0 Å². The van der Waals surface area contributed by atoms with Crippen LogP contribution in [0, 0.1) is 0 Å². The number of nitrogen functional groups attached to an aromatic ring is 1. The van der Waals surface area contributed by atoms with E-state index in [0.29, 0.717) is 0 Å². The highest BCUT2D eigenvalue weighted by Gasteiger charge is 2.49. The highest BCUT2D eigenvalue weighted by molar-refractivity contribution is 7.46. The number of aromatic nitrogens is 4. The number of nitrogens with zero attached hydrogens (tertiary/aromatic N) is 4. The number of fused-ring (bicyclic) bond motifs is 1. The summed E-state index contributed by atoms with van der Waals surface area (Å²) in [5, 5.41) is 10.4. The molecule has 0 saturated carbocycles. The molecule has 1 aliphatic heterocycles. The van der Waals surface area contributed by atoms with Gasteiger partial charge in [-0.1, -0.05) is 0 Å². The van der Waals surface area contributed by atoms with Gasteiger partial charge in [0.1, 0.15) is 30.2 Å². The lowest BCUT2D eigenvalue weighted by Crippen LogP contribution is -2.35. The second kappa shape index (κ2) is 7.14. The first-order chi connectivity index (χ1) is 12.5. The molecule has 0 aliphatic carbocycles. The van der Waals surface area contributed by atoms with Crippen LogP contribution in [-0.4, -0.2) is 69.1 Å². The van der Waals surface area contributed by atoms with Crippen molar-refractivity contribution in [1.82, 2.24) is 19.5 Å². The Morgan fingerprint density at radius 2 is 1.89 bits per heavy atom. The summed E-state index contributed by atoms with van der Waals surface area (Å²) in [6, 6.07) is 0. The summed E-state index contributed by atoms with van der Waals surface area (Å²) in [6.07, 6.45) is -3.75. The van der Waals surface area contributed by atoms with Crippen LogP contribution in [0.15, 0.2) is 12.7 Å². The number of nitrogens with two attached hydrogens (primary N) is 1. The molecule has 0 radical (unpaired) electrons. The zero-order chi connectivity index (χ0) is 20.0. The molecule has 27 heavy (non-hydrogen) atoms. The topological polar surface area (TPSA) is 233 Å². The quantitative estimate of drug-likeness (QED) is 0.281. The number of imidazole rings is 1. The monoisotopic (exact) mass is 427 g/mol. The Balaban J connectivity index is 1.93. The highest BCUT2D eigenvalue weighted by Crippen LogP contribution is 2.45. The van der Waals surface area contributed by atoms with Gasteiger partial charge in [0.15, 0.2) is 17.7 Å². The average Bonchev–Trinajstić information content (AvgIpc) is 3.07. The van der Waals surface area contributed by atoms with Crippen LogP contribution >= 0.6 is 15.6 Å². The van der Waals surface area contributed by atoms with Gasteiger partial charge >= 0.3 is 15.6 Å². The van der Waals surface area contributed by atoms with Crippen molar-refractivity contribution in [2.45, 2.75) is 24.5 Å². The molecule has 1 saturated heterocycles. The molecule has 17 heteroatoms. The molecule has 0 bridgehead atoms. The van der Waals surface area contributed by atoms with E-state index in [0.717, 1.165) is 6.33 Å². The Kier molecular flexibility index (Phi) is 5.35. The van der Waals surface area contributed by atoms with Gasteiger partial charge in [-0.25, -0.2) is 24.1 Å². The minimum absolute atomic E-state index is 0.0515. The summed E-state index contributed by atoms with van der Waals surface area (Å²) in [7, 11) is -9.98. The fourth-order valence-electron chi connectivity index (χ4n) is 2.60. The minimum Gasteiger partial charge on any atom is -0.386 e. The first-order valence-corrected chi connectivity index (χ1v) is 10.2. The van der Waals surface area contributed by atoms with Crippen molar-refractivity contribution in [3.05, 3.63) is 12.7 Å². The fourth-order valence-corrected chi connectivity index (χ4v) is 3.52. The lowest BCUT2D eigenvalue weighted by atomic mass is 10.1. The lowest BCUT2D eigenvalue weighted by molar-refractivity contribution is -0.0502. The number of aliphatic hydroxyl groups is 1. The summed E-state index contributed by atoms with van der Waals surface area (Å²) in [6.45, 7) is -0.813. The predicted molar refractivity (Wildman–Crippen MR) is 84.6 cm³/mol. The van der Waals surface area contributed by atoms with Crippen LogP contribution in [0.25, 0.3) is 11.2 Å². The molecule has 15 nitrogen and oxygen atoms in total. The van der Waals surface area contributed by atoms with Crippen LogP contribution in [0.3, 0.4) is 0 Å². The normalized spacial score (nSPS) is 26.7. The van der Waals surface area contributed by atoms with Crippen molar-refractivity contribution >= 4 is 32.6 Å². The maximum Gasteiger partial charge on any atom is 0.470 e. The SMILES string of the molecule is Nc1ncnc2c1ncn2C1OC(COP(=O)(O)O)C(OP(=O)(O)O)C1O. The van der Waals surface area contributed by atoms with E-state index >= 15 is 0 Å². The number of hydrogen-bond donors (Lipinski definition) is 6. The van der Waals surface area contributed by atoms with E-state index in [1.807, 2.05) is 0 Å². The average molecular weight is 427 g/mol. The van der Waals surface area contributed by atoms with Crippen molar-refractivity contribution in [2.24, 2.45) is 0 Å². The molecule has 150 valence electrons. The Morgan fingerprint density at radius 1 is 1.19 bits per heavy atom. The van der Waals surface area contributed by atoms with E-state index in [1.54, 1.807) is 0 Å². The van der Waals surface area contributed by atoms with Crippen molar-refractivity contribution < 1.29 is 47.6 Å². The summed E-state index contributed by atoms with van der Waals surface area (Å²) in [4.78, 5) is 47.4. The zero-order valence-electron chi connectivity index (χ0n) is 13.2. The number of rotatable bonds is 6. The van der Waals surface area contributed by atoms with Gasteiger partial charge in [0.2, 0.25) is 0 Å². The number of anilines is 1. The second-order valence-electron chi connectivity index (χ2n) is 5.49. The number of ether oxygens (including phenoxy) is 1. The highest BCUT2D eigenvalue weighted by atomic mass is 31.2. The fraction of sp³-hybridized carbons (Fsp3) is 0.500. The van der Waals surface area contributed by atoms with Gasteiger partial charge in [0.25, 0.3) is 0 Å². The van der Waals surface area contributed by atoms with E-state index in [2.05, 4.69) is 24.0 Å². The summed E-state index contributed by atoms with van der Waals surface area (Å²) < 4.78 is 37.6. The molecule has 2 aromatic heterocycles. The first kappa shape index (κ1) is 20.2. The smallest absolute Gasteiger partial charge is 0.386 e. The molecular weight excluding hydrogens is 412 g/mol. The van der Waals surface area contributed by atoms with Crippen molar-refractivity contribution in [2.75, 3.05) is 12.3 Å². The standard InChI is InChI=1S/C10H15N5O10P2/c11-8-5-9(13-2-12-8)15(3-14-5)10-6(16)7(25-27(20,21)22)4(24-10)1-23-26(17,18)19/h2-4,6-7,10,16H,1H2,(H2,11,12,13)(H2,17,18,19)(H2,20,21,22). The molecular formula is C10H15N5O10P2. The van der Waals surface area contributed by atoms with Crippen molar-refractivity contribution in [3.63, 3.8) is 0 Å². The van der Waals surface area contributed by atoms with Crippen molar-refractivity contribution in [1.29, 1.82) is 0 Å². The Morgan fingerprint density at radius 3 is 2.52 bits per heavy atom. The van der Waals surface area contributed by atoms with Crippen LogP contribution in [-0.2, 0) is 22.9 Å². The number of hydrogen-bond acceptors (Lipinski definition) is 10. The molecule has 2 aromatic rings. The van der Waals surface area contributed by atoms with Crippen LogP contribution in [0.1, 0.15) is 6.23 Å². The molecule has 1 aliphatic rings. The maximum atomic E-state index is 11.2. The Labute approximate surface area is 150 Å². The minimum atomic E-state index is -5.07. The Bertz CT molecular complexity index is 926. The van der Waals surface area contributed by atoms with Gasteiger partial charge in [0, 0.05) is 0 Å². The second-order valence-corrected chi connectivity index (χ2v) is 7.92. The van der Waals surface area contributed by atoms with Gasteiger partial charge in [-0.2, -0.15) is 0 Å².